The first-order valence-electron chi connectivity index (χ1n) is 7.77. The molecule has 0 fully saturated rings. The van der Waals surface area contributed by atoms with Crippen molar-refractivity contribution in [2.24, 2.45) is 0 Å². The quantitative estimate of drug-likeness (QED) is 0.827. The number of ether oxygens (including phenoxy) is 1. The Morgan fingerprint density at radius 3 is 2.44 bits per heavy atom. The van der Waals surface area contributed by atoms with Gasteiger partial charge in [0, 0.05) is 5.69 Å². The minimum Gasteiger partial charge on any atom is -0.496 e. The zero-order valence-corrected chi connectivity index (χ0v) is 15.5. The summed E-state index contributed by atoms with van der Waals surface area (Å²) in [4.78, 5) is 12.3. The molecule has 6 nitrogen and oxygen atoms in total. The summed E-state index contributed by atoms with van der Waals surface area (Å²) in [6.07, 6.45) is 0. The van der Waals surface area contributed by atoms with E-state index in [1.807, 2.05) is 25.1 Å². The maximum absolute atomic E-state index is 12.5. The van der Waals surface area contributed by atoms with Crippen LogP contribution in [0.3, 0.4) is 0 Å². The SMILES string of the molecule is COc1ccc(S(=O)(=O)N[C@H](C)C(=O)Nc2cccc(C)c2)cc1C. The zero-order chi connectivity index (χ0) is 18.6. The summed E-state index contributed by atoms with van der Waals surface area (Å²) >= 11 is 0. The van der Waals surface area contributed by atoms with Gasteiger partial charge in [0.15, 0.2) is 0 Å². The number of benzene rings is 2. The molecule has 0 saturated carbocycles. The van der Waals surface area contributed by atoms with Crippen molar-refractivity contribution in [1.29, 1.82) is 0 Å². The number of rotatable bonds is 6. The predicted molar refractivity (Wildman–Crippen MR) is 97.3 cm³/mol. The topological polar surface area (TPSA) is 84.5 Å². The van der Waals surface area contributed by atoms with E-state index in [-0.39, 0.29) is 4.90 Å². The molecule has 0 unspecified atom stereocenters. The fourth-order valence-corrected chi connectivity index (χ4v) is 3.63. The average molecular weight is 362 g/mol. The monoisotopic (exact) mass is 362 g/mol. The van der Waals surface area contributed by atoms with Crippen LogP contribution in [0.25, 0.3) is 0 Å². The molecule has 0 saturated heterocycles. The third kappa shape index (κ3) is 4.80. The van der Waals surface area contributed by atoms with Crippen molar-refractivity contribution in [2.75, 3.05) is 12.4 Å². The molecule has 1 atom stereocenters. The molecule has 1 amide bonds. The Balaban J connectivity index is 2.11. The van der Waals surface area contributed by atoms with Gasteiger partial charge in [0.2, 0.25) is 15.9 Å². The van der Waals surface area contributed by atoms with E-state index >= 15 is 0 Å². The molecular weight excluding hydrogens is 340 g/mol. The van der Waals surface area contributed by atoms with Crippen molar-refractivity contribution in [3.8, 4) is 5.75 Å². The summed E-state index contributed by atoms with van der Waals surface area (Å²) < 4.78 is 32.5. The van der Waals surface area contributed by atoms with Gasteiger partial charge in [-0.3, -0.25) is 4.79 Å². The molecule has 0 aliphatic carbocycles. The molecular formula is C18H22N2O4S. The van der Waals surface area contributed by atoms with Crippen molar-refractivity contribution < 1.29 is 17.9 Å². The van der Waals surface area contributed by atoms with Crippen LogP contribution in [0.1, 0.15) is 18.1 Å². The van der Waals surface area contributed by atoms with E-state index in [9.17, 15) is 13.2 Å². The Hall–Kier alpha value is -2.38. The van der Waals surface area contributed by atoms with Crippen LogP contribution < -0.4 is 14.8 Å². The van der Waals surface area contributed by atoms with Crippen LogP contribution in [0.4, 0.5) is 5.69 Å². The van der Waals surface area contributed by atoms with Gasteiger partial charge in [-0.15, -0.1) is 0 Å². The van der Waals surface area contributed by atoms with Crippen molar-refractivity contribution in [3.63, 3.8) is 0 Å². The standard InChI is InChI=1S/C18H22N2O4S/c1-12-6-5-7-15(10-12)19-18(21)14(3)20-25(22,23)16-8-9-17(24-4)13(2)11-16/h5-11,14,20H,1-4H3,(H,19,21)/t14-/m1/s1. The van der Waals surface area contributed by atoms with Crippen LogP contribution in [0.15, 0.2) is 47.4 Å². The first-order valence-corrected chi connectivity index (χ1v) is 9.26. The molecule has 0 radical (unpaired) electrons. The van der Waals surface area contributed by atoms with Crippen LogP contribution in [0.2, 0.25) is 0 Å². The summed E-state index contributed by atoms with van der Waals surface area (Å²) in [6, 6.07) is 10.9. The van der Waals surface area contributed by atoms with E-state index < -0.39 is 22.0 Å². The van der Waals surface area contributed by atoms with Crippen LogP contribution in [0.5, 0.6) is 5.75 Å². The van der Waals surface area contributed by atoms with Crippen molar-refractivity contribution in [3.05, 3.63) is 53.6 Å². The van der Waals surface area contributed by atoms with E-state index in [0.29, 0.717) is 17.0 Å². The number of nitrogens with one attached hydrogen (secondary N) is 2. The Bertz CT molecular complexity index is 878. The Morgan fingerprint density at radius 1 is 1.12 bits per heavy atom. The van der Waals surface area contributed by atoms with E-state index in [4.69, 9.17) is 4.74 Å². The average Bonchev–Trinajstić information content (AvgIpc) is 2.54. The van der Waals surface area contributed by atoms with E-state index in [2.05, 4.69) is 10.0 Å². The molecule has 2 N–H and O–H groups in total. The highest BCUT2D eigenvalue weighted by Gasteiger charge is 2.22. The van der Waals surface area contributed by atoms with Gasteiger partial charge in [-0.05, 0) is 62.2 Å². The molecule has 0 aliphatic rings. The first-order chi connectivity index (χ1) is 11.7. The molecule has 25 heavy (non-hydrogen) atoms. The van der Waals surface area contributed by atoms with Gasteiger partial charge in [-0.2, -0.15) is 4.72 Å². The minimum absolute atomic E-state index is 0.0843. The van der Waals surface area contributed by atoms with E-state index in [1.165, 1.54) is 26.2 Å². The van der Waals surface area contributed by atoms with Gasteiger partial charge >= 0.3 is 0 Å². The number of anilines is 1. The molecule has 0 heterocycles. The van der Waals surface area contributed by atoms with Crippen LogP contribution in [0, 0.1) is 13.8 Å². The Morgan fingerprint density at radius 2 is 1.84 bits per heavy atom. The van der Waals surface area contributed by atoms with Crippen LogP contribution in [-0.2, 0) is 14.8 Å². The zero-order valence-electron chi connectivity index (χ0n) is 14.7. The normalized spacial score (nSPS) is 12.5. The molecule has 0 spiro atoms. The number of amides is 1. The number of aryl methyl sites for hydroxylation is 2. The molecule has 2 aromatic carbocycles. The lowest BCUT2D eigenvalue weighted by molar-refractivity contribution is -0.117. The van der Waals surface area contributed by atoms with Crippen molar-refractivity contribution in [2.45, 2.75) is 31.7 Å². The molecule has 7 heteroatoms. The lowest BCUT2D eigenvalue weighted by Crippen LogP contribution is -2.41. The van der Waals surface area contributed by atoms with Gasteiger partial charge < -0.3 is 10.1 Å². The highest BCUT2D eigenvalue weighted by molar-refractivity contribution is 7.89. The number of carbonyl (C=O) groups excluding carboxylic acids is 1. The van der Waals surface area contributed by atoms with Crippen molar-refractivity contribution in [1.82, 2.24) is 4.72 Å². The molecule has 0 aromatic heterocycles. The number of sulfonamides is 1. The Kier molecular flexibility index (Phi) is 5.81. The third-order valence-corrected chi connectivity index (χ3v) is 5.23. The smallest absolute Gasteiger partial charge is 0.242 e. The highest BCUT2D eigenvalue weighted by Crippen LogP contribution is 2.21. The second kappa shape index (κ2) is 7.67. The lowest BCUT2D eigenvalue weighted by atomic mass is 10.2. The number of carbonyl (C=O) groups is 1. The summed E-state index contributed by atoms with van der Waals surface area (Å²) in [5, 5.41) is 2.70. The second-order valence-corrected chi connectivity index (χ2v) is 7.55. The Labute approximate surface area is 148 Å². The molecule has 0 aliphatic heterocycles. The highest BCUT2D eigenvalue weighted by atomic mass is 32.2. The van der Waals surface area contributed by atoms with Gasteiger partial charge in [0.1, 0.15) is 5.75 Å². The summed E-state index contributed by atoms with van der Waals surface area (Å²) in [6.45, 7) is 5.17. The van der Waals surface area contributed by atoms with Crippen LogP contribution in [-0.4, -0.2) is 27.5 Å². The maximum Gasteiger partial charge on any atom is 0.242 e. The number of methoxy groups -OCH3 is 1. The van der Waals surface area contributed by atoms with Crippen LogP contribution >= 0.6 is 0 Å². The fourth-order valence-electron chi connectivity index (χ4n) is 2.35. The summed E-state index contributed by atoms with van der Waals surface area (Å²) in [7, 11) is -2.30. The second-order valence-electron chi connectivity index (χ2n) is 5.83. The molecule has 2 rings (SSSR count). The van der Waals surface area contributed by atoms with E-state index in [1.54, 1.807) is 19.1 Å². The van der Waals surface area contributed by atoms with E-state index in [0.717, 1.165) is 5.56 Å². The minimum atomic E-state index is -3.82. The van der Waals surface area contributed by atoms with Gasteiger partial charge in [0.25, 0.3) is 0 Å². The first kappa shape index (κ1) is 19.0. The summed E-state index contributed by atoms with van der Waals surface area (Å²) in [5.74, 6) is 0.170. The fraction of sp³-hybridized carbons (Fsp3) is 0.278. The number of hydrogen-bond acceptors (Lipinski definition) is 4. The van der Waals surface area contributed by atoms with Crippen molar-refractivity contribution >= 4 is 21.6 Å². The molecule has 2 aromatic rings. The maximum atomic E-state index is 12.5. The number of hydrogen-bond donors (Lipinski definition) is 2. The summed E-state index contributed by atoms with van der Waals surface area (Å²) in [5.41, 5.74) is 2.32. The third-order valence-electron chi connectivity index (χ3n) is 3.69. The lowest BCUT2D eigenvalue weighted by Gasteiger charge is -2.15. The molecule has 134 valence electrons. The predicted octanol–water partition coefficient (Wildman–Crippen LogP) is 2.62. The molecule has 0 bridgehead atoms. The van der Waals surface area contributed by atoms with Gasteiger partial charge in [-0.1, -0.05) is 12.1 Å². The van der Waals surface area contributed by atoms with Gasteiger partial charge in [-0.25, -0.2) is 8.42 Å². The van der Waals surface area contributed by atoms with Gasteiger partial charge in [0.05, 0.1) is 18.0 Å². The largest absolute Gasteiger partial charge is 0.496 e.